The molecule has 0 bridgehead atoms. The number of alkyl halides is 2. The molecule has 0 spiro atoms. The molecule has 4 rings (SSSR count). The van der Waals surface area contributed by atoms with Crippen LogP contribution in [-0.4, -0.2) is 46.9 Å². The van der Waals surface area contributed by atoms with E-state index in [9.17, 15) is 23.2 Å². The molecule has 1 saturated heterocycles. The van der Waals surface area contributed by atoms with E-state index in [4.69, 9.17) is 4.84 Å². The van der Waals surface area contributed by atoms with Gasteiger partial charge in [-0.1, -0.05) is 41.0 Å². The van der Waals surface area contributed by atoms with Gasteiger partial charge < -0.3 is 9.74 Å². The zero-order chi connectivity index (χ0) is 20.8. The normalized spacial score (nSPS) is 18.0. The first-order chi connectivity index (χ1) is 13.7. The number of likely N-dealkylation sites (tertiary alicyclic amines) is 1. The molecule has 0 aromatic heterocycles. The maximum absolute atomic E-state index is 13.3. The first-order valence-corrected chi connectivity index (χ1v) is 9.20. The Morgan fingerprint density at radius 1 is 0.966 bits per heavy atom. The molecule has 6 nitrogen and oxygen atoms in total. The second kappa shape index (κ2) is 6.95. The number of carbonyl (C=O) groups is 3. The van der Waals surface area contributed by atoms with E-state index in [1.807, 2.05) is 31.2 Å². The van der Waals surface area contributed by atoms with Crippen molar-refractivity contribution >= 4 is 17.9 Å². The maximum atomic E-state index is 13.3. The number of amides is 3. The third kappa shape index (κ3) is 3.57. The second-order valence-corrected chi connectivity index (χ2v) is 7.23. The molecular weight excluding hydrogens is 382 g/mol. The predicted molar refractivity (Wildman–Crippen MR) is 99.4 cm³/mol. The first-order valence-electron chi connectivity index (χ1n) is 9.20. The van der Waals surface area contributed by atoms with Crippen LogP contribution in [0.15, 0.2) is 42.5 Å². The van der Waals surface area contributed by atoms with Crippen LogP contribution in [0.25, 0.3) is 11.1 Å². The molecule has 0 aliphatic carbocycles. The van der Waals surface area contributed by atoms with Crippen LogP contribution in [0.2, 0.25) is 0 Å². The Labute approximate surface area is 165 Å². The Morgan fingerprint density at radius 3 is 2.31 bits per heavy atom. The van der Waals surface area contributed by atoms with E-state index in [-0.39, 0.29) is 24.2 Å². The van der Waals surface area contributed by atoms with Crippen LogP contribution in [0.1, 0.15) is 39.1 Å². The molecule has 2 aromatic carbocycles. The van der Waals surface area contributed by atoms with Crippen molar-refractivity contribution in [3.8, 4) is 11.1 Å². The van der Waals surface area contributed by atoms with Gasteiger partial charge in [0, 0.05) is 25.9 Å². The molecule has 0 unspecified atom stereocenters. The number of imide groups is 1. The average molecular weight is 400 g/mol. The molecule has 150 valence electrons. The van der Waals surface area contributed by atoms with Crippen molar-refractivity contribution in [2.45, 2.75) is 25.7 Å². The molecule has 0 N–H and O–H groups in total. The Hall–Kier alpha value is -3.29. The number of hydroxylamine groups is 2. The van der Waals surface area contributed by atoms with E-state index in [2.05, 4.69) is 0 Å². The lowest BCUT2D eigenvalue weighted by atomic mass is 9.99. The van der Waals surface area contributed by atoms with Crippen molar-refractivity contribution in [3.05, 3.63) is 59.2 Å². The average Bonchev–Trinajstić information content (AvgIpc) is 2.92. The largest absolute Gasteiger partial charge is 0.434 e. The molecule has 2 aromatic rings. The van der Waals surface area contributed by atoms with Crippen LogP contribution in [0.3, 0.4) is 0 Å². The molecule has 0 atom stereocenters. The summed E-state index contributed by atoms with van der Waals surface area (Å²) in [6.45, 7) is 1.54. The molecule has 0 radical (unpaired) electrons. The summed E-state index contributed by atoms with van der Waals surface area (Å²) >= 11 is 0. The predicted octanol–water partition coefficient (Wildman–Crippen LogP) is 4.04. The van der Waals surface area contributed by atoms with Crippen LogP contribution in [0.5, 0.6) is 0 Å². The molecule has 1 fully saturated rings. The van der Waals surface area contributed by atoms with Crippen LogP contribution in [0, 0.1) is 6.92 Å². The quantitative estimate of drug-likeness (QED) is 0.714. The highest BCUT2D eigenvalue weighted by Crippen LogP contribution is 2.31. The van der Waals surface area contributed by atoms with Gasteiger partial charge in [-0.15, -0.1) is 0 Å². The summed E-state index contributed by atoms with van der Waals surface area (Å²) in [7, 11) is 0. The lowest BCUT2D eigenvalue weighted by molar-refractivity contribution is -0.0801. The number of benzene rings is 2. The Kier molecular flexibility index (Phi) is 4.56. The second-order valence-electron chi connectivity index (χ2n) is 7.23. The third-order valence-corrected chi connectivity index (χ3v) is 5.12. The van der Waals surface area contributed by atoms with E-state index >= 15 is 0 Å². The molecule has 3 amide bonds. The lowest BCUT2D eigenvalue weighted by Crippen LogP contribution is -2.46. The molecule has 0 saturated carbocycles. The number of halogens is 2. The minimum absolute atomic E-state index is 0.129. The zero-order valence-corrected chi connectivity index (χ0v) is 15.7. The van der Waals surface area contributed by atoms with E-state index in [0.717, 1.165) is 21.6 Å². The van der Waals surface area contributed by atoms with Gasteiger partial charge in [0.15, 0.2) is 0 Å². The summed E-state index contributed by atoms with van der Waals surface area (Å²) < 4.78 is 26.5. The monoisotopic (exact) mass is 400 g/mol. The third-order valence-electron chi connectivity index (χ3n) is 5.12. The summed E-state index contributed by atoms with van der Waals surface area (Å²) in [5, 5.41) is 0.403. The van der Waals surface area contributed by atoms with Crippen molar-refractivity contribution in [1.82, 2.24) is 9.96 Å². The van der Waals surface area contributed by atoms with E-state index in [1.165, 1.54) is 6.07 Å². The van der Waals surface area contributed by atoms with Crippen LogP contribution < -0.4 is 0 Å². The van der Waals surface area contributed by atoms with E-state index in [1.54, 1.807) is 12.1 Å². The van der Waals surface area contributed by atoms with Crippen molar-refractivity contribution in [2.24, 2.45) is 0 Å². The zero-order valence-electron chi connectivity index (χ0n) is 15.7. The maximum Gasteiger partial charge on any atom is 0.434 e. The van der Waals surface area contributed by atoms with Gasteiger partial charge in [-0.05, 0) is 30.2 Å². The molecule has 29 heavy (non-hydrogen) atoms. The minimum atomic E-state index is -2.82. The number of aryl methyl sites for hydroxylation is 1. The number of hydrogen-bond donors (Lipinski definition) is 0. The summed E-state index contributed by atoms with van der Waals surface area (Å²) in [6, 6.07) is 12.5. The number of carbonyl (C=O) groups excluding carboxylic acids is 3. The number of hydrogen-bond acceptors (Lipinski definition) is 4. The highest BCUT2D eigenvalue weighted by Gasteiger charge is 2.42. The van der Waals surface area contributed by atoms with Crippen LogP contribution >= 0.6 is 0 Å². The first kappa shape index (κ1) is 19.0. The van der Waals surface area contributed by atoms with Crippen molar-refractivity contribution < 1.29 is 28.0 Å². The highest BCUT2D eigenvalue weighted by atomic mass is 19.3. The van der Waals surface area contributed by atoms with Gasteiger partial charge in [0.25, 0.3) is 17.7 Å². The van der Waals surface area contributed by atoms with Gasteiger partial charge in [-0.2, -0.15) is 0 Å². The van der Waals surface area contributed by atoms with Crippen molar-refractivity contribution in [2.75, 3.05) is 13.1 Å². The summed E-state index contributed by atoms with van der Waals surface area (Å²) in [4.78, 5) is 43.5. The summed E-state index contributed by atoms with van der Waals surface area (Å²) in [6.07, 6.45) is -1.96. The van der Waals surface area contributed by atoms with Gasteiger partial charge in [-0.25, -0.2) is 13.6 Å². The molecule has 2 heterocycles. The van der Waals surface area contributed by atoms with Gasteiger partial charge in [0.05, 0.1) is 11.1 Å². The number of piperidine rings is 1. The Morgan fingerprint density at radius 2 is 1.62 bits per heavy atom. The fourth-order valence-corrected chi connectivity index (χ4v) is 3.46. The van der Waals surface area contributed by atoms with Crippen LogP contribution in [-0.2, 0) is 4.84 Å². The van der Waals surface area contributed by atoms with E-state index < -0.39 is 36.7 Å². The molecular formula is C21H18F2N2O4. The van der Waals surface area contributed by atoms with Gasteiger partial charge in [-0.3, -0.25) is 9.59 Å². The van der Waals surface area contributed by atoms with E-state index in [0.29, 0.717) is 5.06 Å². The van der Waals surface area contributed by atoms with Crippen LogP contribution in [0.4, 0.5) is 13.6 Å². The minimum Gasteiger partial charge on any atom is -0.310 e. The molecule has 2 aliphatic heterocycles. The van der Waals surface area contributed by atoms with Gasteiger partial charge in [0.2, 0.25) is 0 Å². The highest BCUT2D eigenvalue weighted by molar-refractivity contribution is 6.21. The van der Waals surface area contributed by atoms with Crippen molar-refractivity contribution in [3.63, 3.8) is 0 Å². The number of nitrogens with zero attached hydrogens (tertiary/aromatic N) is 2. The fourth-order valence-electron chi connectivity index (χ4n) is 3.46. The van der Waals surface area contributed by atoms with Crippen molar-refractivity contribution in [1.29, 1.82) is 0 Å². The summed E-state index contributed by atoms with van der Waals surface area (Å²) in [5.41, 5.74) is 2.95. The Bertz CT molecular complexity index is 1010. The fraction of sp³-hybridized carbons (Fsp3) is 0.286. The Balaban J connectivity index is 1.52. The smallest absolute Gasteiger partial charge is 0.310 e. The number of rotatable bonds is 2. The van der Waals surface area contributed by atoms with Gasteiger partial charge >= 0.3 is 6.09 Å². The number of fused-ring (bicyclic) bond motifs is 1. The standard InChI is InChI=1S/C21H18F2N2O4/c1-13-3-2-4-14(11-13)15-5-6-16-17(12-15)19(27)25(18(16)26)29-20(28)24-9-7-21(22,23)8-10-24/h2-6,11-12H,7-10H2,1H3. The topological polar surface area (TPSA) is 66.9 Å². The molecule has 2 aliphatic rings. The summed E-state index contributed by atoms with van der Waals surface area (Å²) in [5.74, 6) is -4.33. The molecule has 8 heteroatoms. The SMILES string of the molecule is Cc1cccc(-c2ccc3c(c2)C(=O)N(OC(=O)N2CCC(F)(F)CC2)C3=O)c1. The lowest BCUT2D eigenvalue weighted by Gasteiger charge is -2.31. The van der Waals surface area contributed by atoms with Gasteiger partial charge in [0.1, 0.15) is 0 Å².